The number of anilines is 1. The van der Waals surface area contributed by atoms with E-state index in [0.29, 0.717) is 11.5 Å². The summed E-state index contributed by atoms with van der Waals surface area (Å²) >= 11 is 0. The minimum absolute atomic E-state index is 0.234. The van der Waals surface area contributed by atoms with E-state index in [-0.39, 0.29) is 5.92 Å². The Kier molecular flexibility index (Phi) is 5.23. The van der Waals surface area contributed by atoms with E-state index in [0.717, 1.165) is 11.3 Å². The highest BCUT2D eigenvalue weighted by atomic mass is 16.5. The van der Waals surface area contributed by atoms with Crippen LogP contribution in [0.1, 0.15) is 12.5 Å². The summed E-state index contributed by atoms with van der Waals surface area (Å²) in [7, 11) is 4.01. The number of nitrogens with zero attached hydrogens (tertiary/aromatic N) is 3. The van der Waals surface area contributed by atoms with Crippen molar-refractivity contribution in [2.45, 2.75) is 13.0 Å². The highest BCUT2D eigenvalue weighted by Crippen LogP contribution is 2.24. The van der Waals surface area contributed by atoms with Crippen LogP contribution in [0.15, 0.2) is 54.0 Å². The van der Waals surface area contributed by atoms with Crippen molar-refractivity contribution < 1.29 is 4.74 Å². The van der Waals surface area contributed by atoms with Gasteiger partial charge in [0, 0.05) is 19.8 Å². The van der Waals surface area contributed by atoms with Crippen molar-refractivity contribution in [2.75, 3.05) is 19.0 Å². The molecular formula is C19H19N3O. The molecule has 0 aromatic heterocycles. The fraction of sp³-hybridized carbons (Fsp3) is 0.263. The molecular weight excluding hydrogens is 286 g/mol. The number of benzene rings is 1. The van der Waals surface area contributed by atoms with Crippen LogP contribution in [-0.4, -0.2) is 20.1 Å². The van der Waals surface area contributed by atoms with Crippen molar-refractivity contribution >= 4 is 11.8 Å². The quantitative estimate of drug-likeness (QED) is 0.789. The van der Waals surface area contributed by atoms with Crippen molar-refractivity contribution in [3.05, 3.63) is 71.0 Å². The summed E-state index contributed by atoms with van der Waals surface area (Å²) in [5.74, 6) is 1.14. The number of nitriles is 1. The molecule has 4 nitrogen and oxygen atoms in total. The molecule has 0 N–H and O–H groups in total. The van der Waals surface area contributed by atoms with Crippen LogP contribution >= 0.6 is 0 Å². The topological polar surface area (TPSA) is 40.6 Å². The SMILES string of the molecule is [C-]#[N+]C(C#N)C1C=C(C)OC(C=Cc2ccc(N(C)C)cc2)=C1. The summed E-state index contributed by atoms with van der Waals surface area (Å²) in [4.78, 5) is 5.41. The van der Waals surface area contributed by atoms with E-state index in [1.165, 1.54) is 0 Å². The Morgan fingerprint density at radius 3 is 2.52 bits per heavy atom. The van der Waals surface area contributed by atoms with Crippen LogP contribution in [-0.2, 0) is 4.74 Å². The van der Waals surface area contributed by atoms with Gasteiger partial charge in [0.25, 0.3) is 0 Å². The second kappa shape index (κ2) is 7.33. The maximum absolute atomic E-state index is 9.04. The molecule has 0 saturated heterocycles. The zero-order valence-electron chi connectivity index (χ0n) is 13.5. The normalized spacial score (nSPS) is 18.2. The Bertz CT molecular complexity index is 713. The summed E-state index contributed by atoms with van der Waals surface area (Å²) in [5.41, 5.74) is 2.20. The number of allylic oxidation sites excluding steroid dienone is 2. The highest BCUT2D eigenvalue weighted by Gasteiger charge is 2.25. The van der Waals surface area contributed by atoms with Gasteiger partial charge in [-0.1, -0.05) is 18.2 Å². The Morgan fingerprint density at radius 1 is 1.26 bits per heavy atom. The van der Waals surface area contributed by atoms with Crippen molar-refractivity contribution in [1.29, 1.82) is 5.26 Å². The number of rotatable bonds is 4. The first-order chi connectivity index (χ1) is 11.0. The van der Waals surface area contributed by atoms with Gasteiger partial charge < -0.3 is 9.64 Å². The second-order valence-corrected chi connectivity index (χ2v) is 5.55. The smallest absolute Gasteiger partial charge is 0.316 e. The first-order valence-corrected chi connectivity index (χ1v) is 7.33. The molecule has 0 spiro atoms. The molecule has 2 unspecified atom stereocenters. The minimum Gasteiger partial charge on any atom is -0.463 e. The number of ether oxygens (including phenoxy) is 1. The zero-order chi connectivity index (χ0) is 16.8. The Morgan fingerprint density at radius 2 is 1.96 bits per heavy atom. The van der Waals surface area contributed by atoms with Crippen LogP contribution in [0.3, 0.4) is 0 Å². The third-order valence-corrected chi connectivity index (χ3v) is 3.55. The minimum atomic E-state index is -0.711. The Hall–Kier alpha value is -2.98. The van der Waals surface area contributed by atoms with Crippen molar-refractivity contribution in [3.8, 4) is 6.07 Å². The highest BCUT2D eigenvalue weighted by molar-refractivity contribution is 5.57. The van der Waals surface area contributed by atoms with Gasteiger partial charge in [-0.3, -0.25) is 4.85 Å². The van der Waals surface area contributed by atoms with Gasteiger partial charge >= 0.3 is 6.04 Å². The lowest BCUT2D eigenvalue weighted by Crippen LogP contribution is -2.15. The van der Waals surface area contributed by atoms with Crippen LogP contribution in [0.5, 0.6) is 0 Å². The Balaban J connectivity index is 2.15. The molecule has 1 aromatic carbocycles. The molecule has 1 aliphatic heterocycles. The van der Waals surface area contributed by atoms with Crippen LogP contribution in [0.4, 0.5) is 5.69 Å². The van der Waals surface area contributed by atoms with Gasteiger partial charge in [-0.05, 0) is 42.8 Å². The van der Waals surface area contributed by atoms with Gasteiger partial charge in [0.15, 0.2) is 6.07 Å². The van der Waals surface area contributed by atoms with E-state index in [1.807, 2.05) is 68.4 Å². The Labute approximate surface area is 137 Å². The van der Waals surface area contributed by atoms with E-state index in [4.69, 9.17) is 16.6 Å². The average molecular weight is 305 g/mol. The van der Waals surface area contributed by atoms with Crippen molar-refractivity contribution in [3.63, 3.8) is 0 Å². The summed E-state index contributed by atoms with van der Waals surface area (Å²) in [6.07, 6.45) is 7.46. The standard InChI is InChI=1S/C19H19N3O/c1-14-11-16(19(13-20)21-2)12-18(23-14)10-7-15-5-8-17(9-6-15)22(3)4/h5-12,16,19H,1,3-4H3. The molecule has 0 bridgehead atoms. The predicted molar refractivity (Wildman–Crippen MR) is 92.2 cm³/mol. The monoisotopic (exact) mass is 305 g/mol. The molecule has 4 heteroatoms. The largest absolute Gasteiger partial charge is 0.463 e. The number of hydrogen-bond donors (Lipinski definition) is 0. The van der Waals surface area contributed by atoms with E-state index >= 15 is 0 Å². The van der Waals surface area contributed by atoms with E-state index < -0.39 is 6.04 Å². The van der Waals surface area contributed by atoms with Crippen molar-refractivity contribution in [2.24, 2.45) is 5.92 Å². The first-order valence-electron chi connectivity index (χ1n) is 7.33. The van der Waals surface area contributed by atoms with Gasteiger partial charge in [0.05, 0.1) is 11.7 Å². The molecule has 0 saturated carbocycles. The molecule has 2 rings (SSSR count). The summed E-state index contributed by atoms with van der Waals surface area (Å²) < 4.78 is 5.65. The second-order valence-electron chi connectivity index (χ2n) is 5.55. The molecule has 1 heterocycles. The fourth-order valence-corrected chi connectivity index (χ4v) is 2.30. The maximum Gasteiger partial charge on any atom is 0.316 e. The molecule has 1 aromatic rings. The summed E-state index contributed by atoms with van der Waals surface area (Å²) in [5, 5.41) is 9.04. The molecule has 1 aliphatic rings. The van der Waals surface area contributed by atoms with Crippen molar-refractivity contribution in [1.82, 2.24) is 0 Å². The molecule has 0 aliphatic carbocycles. The third kappa shape index (κ3) is 4.25. The molecule has 0 radical (unpaired) electrons. The molecule has 23 heavy (non-hydrogen) atoms. The van der Waals surface area contributed by atoms with Gasteiger partial charge in [-0.15, -0.1) is 0 Å². The summed E-state index contributed by atoms with van der Waals surface area (Å²) in [6, 6.07) is 9.48. The third-order valence-electron chi connectivity index (χ3n) is 3.55. The first kappa shape index (κ1) is 16.4. The van der Waals surface area contributed by atoms with Crippen LogP contribution < -0.4 is 4.90 Å². The molecule has 0 fully saturated rings. The lowest BCUT2D eigenvalue weighted by Gasteiger charge is -2.17. The molecule has 2 atom stereocenters. The maximum atomic E-state index is 9.04. The zero-order valence-corrected chi connectivity index (χ0v) is 13.5. The van der Waals surface area contributed by atoms with Gasteiger partial charge in [0.2, 0.25) is 0 Å². The fourth-order valence-electron chi connectivity index (χ4n) is 2.30. The number of hydrogen-bond acceptors (Lipinski definition) is 3. The van der Waals surface area contributed by atoms with Gasteiger partial charge in [-0.25, -0.2) is 6.57 Å². The lowest BCUT2D eigenvalue weighted by atomic mass is 9.97. The van der Waals surface area contributed by atoms with Crippen LogP contribution in [0.25, 0.3) is 10.9 Å². The van der Waals surface area contributed by atoms with E-state index in [2.05, 4.69) is 17.0 Å². The molecule has 0 amide bonds. The molecule has 116 valence electrons. The van der Waals surface area contributed by atoms with Gasteiger partial charge in [-0.2, -0.15) is 5.26 Å². The lowest BCUT2D eigenvalue weighted by molar-refractivity contribution is 0.304. The predicted octanol–water partition coefficient (Wildman–Crippen LogP) is 4.01. The van der Waals surface area contributed by atoms with Crippen LogP contribution in [0, 0.1) is 23.8 Å². The average Bonchev–Trinajstić information content (AvgIpc) is 2.54. The summed E-state index contributed by atoms with van der Waals surface area (Å²) in [6.45, 7) is 8.93. The van der Waals surface area contributed by atoms with Gasteiger partial charge in [0.1, 0.15) is 5.76 Å². The van der Waals surface area contributed by atoms with E-state index in [9.17, 15) is 0 Å². The van der Waals surface area contributed by atoms with Crippen LogP contribution in [0.2, 0.25) is 0 Å². The van der Waals surface area contributed by atoms with E-state index in [1.54, 1.807) is 0 Å².